The van der Waals surface area contributed by atoms with Crippen LogP contribution < -0.4 is 0 Å². The lowest BCUT2D eigenvalue weighted by Gasteiger charge is -2.19. The molecule has 170 valence electrons. The first kappa shape index (κ1) is 26.9. The Bertz CT molecular complexity index is 852. The Labute approximate surface area is 164 Å². The molecule has 0 unspecified atom stereocenters. The van der Waals surface area contributed by atoms with E-state index < -0.39 is 52.7 Å². The zero-order chi connectivity index (χ0) is 22.6. The fraction of sp³-hybridized carbons (Fsp3) is 0.375. The lowest BCUT2D eigenvalue weighted by Crippen LogP contribution is -2.34. The number of hydrogen-bond donors (Lipinski definition) is 2. The van der Waals surface area contributed by atoms with Gasteiger partial charge in [-0.2, -0.15) is 35.1 Å². The molecule has 2 aromatic heterocycles. The number of esters is 2. The van der Waals surface area contributed by atoms with Crippen LogP contribution >= 0.6 is 0 Å². The number of carbonyl (C=O) groups is 2. The molecule has 0 bridgehead atoms. The number of aromatic nitrogens is 2. The number of halogens is 8. The summed E-state index contributed by atoms with van der Waals surface area (Å²) in [6.45, 7) is 0. The summed E-state index contributed by atoms with van der Waals surface area (Å²) in [5, 5.41) is 0. The minimum absolute atomic E-state index is 0. The number of aromatic amines is 2. The highest BCUT2D eigenvalue weighted by Gasteiger charge is 2.60. The van der Waals surface area contributed by atoms with Crippen LogP contribution in [0.15, 0.2) is 24.5 Å². The second-order valence-corrected chi connectivity index (χ2v) is 5.09. The molecule has 0 aromatic carbocycles. The third-order valence-electron chi connectivity index (χ3n) is 3.27. The quantitative estimate of drug-likeness (QED) is 0.512. The summed E-state index contributed by atoms with van der Waals surface area (Å²) < 4.78 is 107. The summed E-state index contributed by atoms with van der Waals surface area (Å²) in [4.78, 5) is 25.9. The molecule has 2 N–H and O–H groups in total. The van der Waals surface area contributed by atoms with Gasteiger partial charge in [0.25, 0.3) is 0 Å². The van der Waals surface area contributed by atoms with Crippen LogP contribution in [0.25, 0.3) is 0 Å². The highest BCUT2D eigenvalue weighted by molar-refractivity contribution is 5.89. The molecule has 0 fully saturated rings. The maximum atomic E-state index is 12.9. The second kappa shape index (κ2) is 9.63. The lowest BCUT2D eigenvalue weighted by molar-refractivity contribution is -0.289. The number of nitrogens with one attached hydrogen (secondary N) is 2. The third kappa shape index (κ3) is 5.73. The summed E-state index contributed by atoms with van der Waals surface area (Å²) >= 11 is 0. The summed E-state index contributed by atoms with van der Waals surface area (Å²) in [6.07, 6.45) is -8.46. The maximum Gasteiger partial charge on any atom is 0.458 e. The van der Waals surface area contributed by atoms with Crippen LogP contribution in [0.1, 0.15) is 39.5 Å². The predicted octanol–water partition coefficient (Wildman–Crippen LogP) is 4.91. The molecule has 2 rings (SSSR count). The highest BCUT2D eigenvalue weighted by Crippen LogP contribution is 2.44. The highest BCUT2D eigenvalue weighted by atomic mass is 19.4. The Kier molecular flexibility index (Phi) is 8.64. The molecule has 30 heavy (non-hydrogen) atoms. The van der Waals surface area contributed by atoms with Gasteiger partial charge in [-0.05, 0) is 12.1 Å². The standard InChI is InChI=1S/C8H6F5NO2.C7H6F3NO2.CH4/c1-16-6(15)5-4(2-3-14-5)7(9,10)8(11,12)13;1-13-6(12)5-4(2-3-11-5)7(8,9)10;/h2-3,14H,1H3;2-3,11H,1H3;1H4. The molecule has 2 heterocycles. The Morgan fingerprint density at radius 2 is 1.13 bits per heavy atom. The lowest BCUT2D eigenvalue weighted by atomic mass is 10.1. The zero-order valence-electron chi connectivity index (χ0n) is 14.5. The van der Waals surface area contributed by atoms with Gasteiger partial charge >= 0.3 is 30.2 Å². The van der Waals surface area contributed by atoms with Crippen molar-refractivity contribution in [3.63, 3.8) is 0 Å². The molecule has 6 nitrogen and oxygen atoms in total. The molecule has 14 heteroatoms. The Morgan fingerprint density at radius 3 is 1.47 bits per heavy atom. The normalized spacial score (nSPS) is 11.7. The molecule has 0 aliphatic heterocycles. The van der Waals surface area contributed by atoms with Gasteiger partial charge in [0.1, 0.15) is 11.4 Å². The summed E-state index contributed by atoms with van der Waals surface area (Å²) in [6, 6.07) is 1.27. The molecule has 0 spiro atoms. The van der Waals surface area contributed by atoms with Crippen molar-refractivity contribution in [2.45, 2.75) is 25.7 Å². The van der Waals surface area contributed by atoms with Gasteiger partial charge in [0.05, 0.1) is 25.3 Å². The van der Waals surface area contributed by atoms with Crippen molar-refractivity contribution in [1.82, 2.24) is 9.97 Å². The van der Waals surface area contributed by atoms with E-state index in [1.54, 1.807) is 0 Å². The average molecular weight is 452 g/mol. The van der Waals surface area contributed by atoms with E-state index in [9.17, 15) is 44.7 Å². The molecular weight excluding hydrogens is 436 g/mol. The summed E-state index contributed by atoms with van der Waals surface area (Å²) in [7, 11) is 1.89. The van der Waals surface area contributed by atoms with E-state index in [1.165, 1.54) is 0 Å². The van der Waals surface area contributed by atoms with Gasteiger partial charge < -0.3 is 19.4 Å². The van der Waals surface area contributed by atoms with E-state index >= 15 is 0 Å². The fourth-order valence-corrected chi connectivity index (χ4v) is 1.93. The molecule has 0 amide bonds. The fourth-order valence-electron chi connectivity index (χ4n) is 1.93. The van der Waals surface area contributed by atoms with Crippen molar-refractivity contribution in [2.24, 2.45) is 0 Å². The first-order valence-electron chi connectivity index (χ1n) is 7.22. The minimum atomic E-state index is -5.77. The molecule has 0 atom stereocenters. The Balaban J connectivity index is 0.000000553. The van der Waals surface area contributed by atoms with Crippen molar-refractivity contribution in [3.8, 4) is 0 Å². The van der Waals surface area contributed by atoms with E-state index in [4.69, 9.17) is 0 Å². The van der Waals surface area contributed by atoms with Gasteiger partial charge in [0.15, 0.2) is 0 Å². The number of methoxy groups -OCH3 is 2. The topological polar surface area (TPSA) is 84.2 Å². The van der Waals surface area contributed by atoms with Crippen molar-refractivity contribution in [1.29, 1.82) is 0 Å². The van der Waals surface area contributed by atoms with Gasteiger partial charge in [-0.15, -0.1) is 0 Å². The predicted molar refractivity (Wildman–Crippen MR) is 85.9 cm³/mol. The molecule has 0 aliphatic rings. The molecule has 0 radical (unpaired) electrons. The van der Waals surface area contributed by atoms with Crippen molar-refractivity contribution >= 4 is 11.9 Å². The van der Waals surface area contributed by atoms with Crippen molar-refractivity contribution < 1.29 is 54.2 Å². The van der Waals surface area contributed by atoms with Crippen LogP contribution in [-0.4, -0.2) is 42.3 Å². The van der Waals surface area contributed by atoms with Crippen LogP contribution in [-0.2, 0) is 21.6 Å². The minimum Gasteiger partial charge on any atom is -0.464 e. The molecule has 2 aromatic rings. The van der Waals surface area contributed by atoms with Crippen LogP contribution in [0, 0.1) is 0 Å². The van der Waals surface area contributed by atoms with Gasteiger partial charge in [-0.25, -0.2) is 9.59 Å². The van der Waals surface area contributed by atoms with Crippen LogP contribution in [0.2, 0.25) is 0 Å². The van der Waals surface area contributed by atoms with E-state index in [0.717, 1.165) is 32.7 Å². The van der Waals surface area contributed by atoms with Gasteiger partial charge in [-0.3, -0.25) is 0 Å². The van der Waals surface area contributed by atoms with Crippen molar-refractivity contribution in [2.75, 3.05) is 14.2 Å². The first-order chi connectivity index (χ1) is 13.2. The number of hydrogen-bond acceptors (Lipinski definition) is 4. The second-order valence-electron chi connectivity index (χ2n) is 5.09. The monoisotopic (exact) mass is 452 g/mol. The van der Waals surface area contributed by atoms with E-state index in [1.807, 2.05) is 4.98 Å². The number of H-pyrrole nitrogens is 2. The van der Waals surface area contributed by atoms with Crippen LogP contribution in [0.5, 0.6) is 0 Å². The van der Waals surface area contributed by atoms with Gasteiger partial charge in [-0.1, -0.05) is 7.43 Å². The zero-order valence-corrected chi connectivity index (χ0v) is 14.5. The smallest absolute Gasteiger partial charge is 0.458 e. The molecule has 0 saturated heterocycles. The van der Waals surface area contributed by atoms with Crippen molar-refractivity contribution in [3.05, 3.63) is 47.0 Å². The number of rotatable bonds is 3. The third-order valence-corrected chi connectivity index (χ3v) is 3.27. The van der Waals surface area contributed by atoms with Gasteiger partial charge in [0, 0.05) is 12.4 Å². The molecule has 0 saturated carbocycles. The number of alkyl halides is 8. The van der Waals surface area contributed by atoms with E-state index in [-0.39, 0.29) is 7.43 Å². The van der Waals surface area contributed by atoms with Gasteiger partial charge in [0.2, 0.25) is 0 Å². The SMILES string of the molecule is C.COC(=O)c1[nH]ccc1C(F)(F)C(F)(F)F.COC(=O)c1[nH]ccc1C(F)(F)F. The maximum absolute atomic E-state index is 12.9. The number of ether oxygens (including phenoxy) is 2. The number of carbonyl (C=O) groups excluding carboxylic acids is 2. The molecule has 0 aliphatic carbocycles. The molecular formula is C16H16F8N2O4. The average Bonchev–Trinajstić information content (AvgIpc) is 3.28. The Hall–Kier alpha value is -3.06. The summed E-state index contributed by atoms with van der Waals surface area (Å²) in [5.74, 6) is -7.42. The summed E-state index contributed by atoms with van der Waals surface area (Å²) in [5.41, 5.74) is -3.95. The largest absolute Gasteiger partial charge is 0.464 e. The Morgan fingerprint density at radius 1 is 0.767 bits per heavy atom. The van der Waals surface area contributed by atoms with E-state index in [2.05, 4.69) is 14.5 Å². The van der Waals surface area contributed by atoms with E-state index in [0.29, 0.717) is 6.07 Å². The van der Waals surface area contributed by atoms with Crippen LogP contribution in [0.3, 0.4) is 0 Å². The van der Waals surface area contributed by atoms with Crippen LogP contribution in [0.4, 0.5) is 35.1 Å². The first-order valence-corrected chi connectivity index (χ1v) is 7.22.